The van der Waals surface area contributed by atoms with Crippen LogP contribution in [0.5, 0.6) is 0 Å². The summed E-state index contributed by atoms with van der Waals surface area (Å²) in [5, 5.41) is 4.67. The number of hydrogen-bond donors (Lipinski definition) is 1. The molecule has 0 aliphatic rings. The third-order valence-corrected chi connectivity index (χ3v) is 3.79. The van der Waals surface area contributed by atoms with Crippen LogP contribution in [0.25, 0.3) is 0 Å². The van der Waals surface area contributed by atoms with E-state index in [1.165, 1.54) is 30.8 Å². The summed E-state index contributed by atoms with van der Waals surface area (Å²) in [6.45, 7) is 1.79. The number of aromatic nitrogens is 2. The SMILES string of the molecule is COC(=O)CC(NC(=O)c1cnc(C)cn1)c1cccs1. The van der Waals surface area contributed by atoms with Crippen molar-refractivity contribution in [1.82, 2.24) is 15.3 Å². The normalized spacial score (nSPS) is 11.7. The minimum Gasteiger partial charge on any atom is -0.469 e. The second-order valence-electron chi connectivity index (χ2n) is 4.36. The number of carbonyl (C=O) groups excluding carboxylic acids is 2. The first-order chi connectivity index (χ1) is 10.1. The van der Waals surface area contributed by atoms with E-state index in [0.717, 1.165) is 10.6 Å². The van der Waals surface area contributed by atoms with Gasteiger partial charge >= 0.3 is 5.97 Å². The van der Waals surface area contributed by atoms with Crippen molar-refractivity contribution < 1.29 is 14.3 Å². The minimum atomic E-state index is -0.437. The standard InChI is InChI=1S/C14H15N3O3S/c1-9-7-16-11(8-15-9)14(19)17-10(6-13(18)20-2)12-4-3-5-21-12/h3-5,7-8,10H,6H2,1-2H3,(H,17,19). The topological polar surface area (TPSA) is 81.2 Å². The number of ether oxygens (including phenoxy) is 1. The Morgan fingerprint density at radius 3 is 2.76 bits per heavy atom. The summed E-state index contributed by atoms with van der Waals surface area (Å²) in [4.78, 5) is 32.6. The average molecular weight is 305 g/mol. The molecule has 1 N–H and O–H groups in total. The van der Waals surface area contributed by atoms with E-state index in [-0.39, 0.29) is 24.0 Å². The predicted octanol–water partition coefficient (Wildman–Crippen LogP) is 1.88. The number of aryl methyl sites for hydroxylation is 1. The second-order valence-corrected chi connectivity index (χ2v) is 5.34. The van der Waals surface area contributed by atoms with Crippen LogP contribution < -0.4 is 5.32 Å². The summed E-state index contributed by atoms with van der Waals surface area (Å²) in [5.41, 5.74) is 0.947. The van der Waals surface area contributed by atoms with Crippen LogP contribution in [0.2, 0.25) is 0 Å². The largest absolute Gasteiger partial charge is 0.469 e. The van der Waals surface area contributed by atoms with Crippen molar-refractivity contribution in [3.63, 3.8) is 0 Å². The molecule has 2 aromatic rings. The molecule has 0 saturated carbocycles. The maximum Gasteiger partial charge on any atom is 0.307 e. The van der Waals surface area contributed by atoms with E-state index in [0.29, 0.717) is 0 Å². The van der Waals surface area contributed by atoms with Crippen LogP contribution in [0, 0.1) is 6.92 Å². The summed E-state index contributed by atoms with van der Waals surface area (Å²) in [6.07, 6.45) is 3.01. The van der Waals surface area contributed by atoms with Gasteiger partial charge in [0.1, 0.15) is 5.69 Å². The second kappa shape index (κ2) is 6.94. The molecule has 110 valence electrons. The van der Waals surface area contributed by atoms with Crippen LogP contribution in [-0.2, 0) is 9.53 Å². The molecule has 0 fully saturated rings. The van der Waals surface area contributed by atoms with Crippen molar-refractivity contribution in [2.24, 2.45) is 0 Å². The van der Waals surface area contributed by atoms with Crippen molar-refractivity contribution >= 4 is 23.2 Å². The van der Waals surface area contributed by atoms with Crippen LogP contribution in [0.15, 0.2) is 29.9 Å². The highest BCUT2D eigenvalue weighted by Gasteiger charge is 2.21. The Morgan fingerprint density at radius 2 is 2.19 bits per heavy atom. The lowest BCUT2D eigenvalue weighted by Gasteiger charge is -2.16. The third kappa shape index (κ3) is 4.09. The molecule has 7 heteroatoms. The van der Waals surface area contributed by atoms with Crippen LogP contribution in [0.4, 0.5) is 0 Å². The van der Waals surface area contributed by atoms with E-state index in [1.54, 1.807) is 6.92 Å². The smallest absolute Gasteiger partial charge is 0.307 e. The zero-order valence-corrected chi connectivity index (χ0v) is 12.5. The predicted molar refractivity (Wildman–Crippen MR) is 77.9 cm³/mol. The fraction of sp³-hybridized carbons (Fsp3) is 0.286. The van der Waals surface area contributed by atoms with Crippen LogP contribution in [0.3, 0.4) is 0 Å². The Labute approximate surface area is 126 Å². The van der Waals surface area contributed by atoms with E-state index in [4.69, 9.17) is 0 Å². The number of carbonyl (C=O) groups is 2. The lowest BCUT2D eigenvalue weighted by molar-refractivity contribution is -0.141. The first kappa shape index (κ1) is 15.1. The van der Waals surface area contributed by atoms with E-state index in [1.807, 2.05) is 17.5 Å². The molecular weight excluding hydrogens is 290 g/mol. The molecule has 0 bridgehead atoms. The number of amides is 1. The van der Waals surface area contributed by atoms with Gasteiger partial charge in [-0.15, -0.1) is 11.3 Å². The fourth-order valence-corrected chi connectivity index (χ4v) is 2.48. The zero-order chi connectivity index (χ0) is 15.2. The highest BCUT2D eigenvalue weighted by Crippen LogP contribution is 2.22. The van der Waals surface area contributed by atoms with Gasteiger partial charge in [0.2, 0.25) is 0 Å². The molecule has 1 atom stereocenters. The molecule has 2 heterocycles. The van der Waals surface area contributed by atoms with E-state index in [2.05, 4.69) is 20.0 Å². The molecule has 1 amide bonds. The highest BCUT2D eigenvalue weighted by molar-refractivity contribution is 7.10. The molecule has 0 saturated heterocycles. The lowest BCUT2D eigenvalue weighted by atomic mass is 10.1. The third-order valence-electron chi connectivity index (χ3n) is 2.80. The first-order valence-corrected chi connectivity index (χ1v) is 7.18. The summed E-state index contributed by atoms with van der Waals surface area (Å²) < 4.78 is 4.67. The fourth-order valence-electron chi connectivity index (χ4n) is 1.70. The summed E-state index contributed by atoms with van der Waals surface area (Å²) in [5.74, 6) is -0.756. The van der Waals surface area contributed by atoms with Gasteiger partial charge in [-0.3, -0.25) is 14.6 Å². The monoisotopic (exact) mass is 305 g/mol. The quantitative estimate of drug-likeness (QED) is 0.853. The molecule has 2 aromatic heterocycles. The molecule has 6 nitrogen and oxygen atoms in total. The van der Waals surface area contributed by atoms with Crippen molar-refractivity contribution in [3.8, 4) is 0 Å². The summed E-state index contributed by atoms with van der Waals surface area (Å²) in [6, 6.07) is 3.29. The maximum absolute atomic E-state index is 12.2. The Hall–Kier alpha value is -2.28. The number of nitrogens with zero attached hydrogens (tertiary/aromatic N) is 2. The van der Waals surface area contributed by atoms with E-state index >= 15 is 0 Å². The Bertz CT molecular complexity index is 611. The van der Waals surface area contributed by atoms with Crippen molar-refractivity contribution in [2.75, 3.05) is 7.11 Å². The molecule has 0 aromatic carbocycles. The first-order valence-electron chi connectivity index (χ1n) is 6.30. The van der Waals surface area contributed by atoms with E-state index < -0.39 is 6.04 Å². The Balaban J connectivity index is 2.12. The minimum absolute atomic E-state index is 0.0715. The lowest BCUT2D eigenvalue weighted by Crippen LogP contribution is -2.30. The van der Waals surface area contributed by atoms with Crippen molar-refractivity contribution in [3.05, 3.63) is 46.2 Å². The Morgan fingerprint density at radius 1 is 1.38 bits per heavy atom. The van der Waals surface area contributed by atoms with Crippen molar-refractivity contribution in [2.45, 2.75) is 19.4 Å². The number of nitrogens with one attached hydrogen (secondary N) is 1. The molecule has 0 spiro atoms. The molecule has 1 unspecified atom stereocenters. The van der Waals surface area contributed by atoms with Crippen LogP contribution >= 0.6 is 11.3 Å². The molecule has 0 radical (unpaired) electrons. The number of rotatable bonds is 5. The van der Waals surface area contributed by atoms with Crippen LogP contribution in [0.1, 0.15) is 33.5 Å². The molecule has 0 aliphatic heterocycles. The van der Waals surface area contributed by atoms with Gasteiger partial charge in [0.05, 0.1) is 31.5 Å². The van der Waals surface area contributed by atoms with Gasteiger partial charge in [0, 0.05) is 11.1 Å². The highest BCUT2D eigenvalue weighted by atomic mass is 32.1. The van der Waals surface area contributed by atoms with E-state index in [9.17, 15) is 9.59 Å². The summed E-state index contributed by atoms with van der Waals surface area (Å²) in [7, 11) is 1.32. The van der Waals surface area contributed by atoms with Gasteiger partial charge in [-0.05, 0) is 18.4 Å². The Kier molecular flexibility index (Phi) is 4.99. The van der Waals surface area contributed by atoms with Gasteiger partial charge in [0.15, 0.2) is 0 Å². The van der Waals surface area contributed by atoms with Crippen LogP contribution in [-0.4, -0.2) is 29.0 Å². The summed E-state index contributed by atoms with van der Waals surface area (Å²) >= 11 is 1.46. The zero-order valence-electron chi connectivity index (χ0n) is 11.7. The van der Waals surface area contributed by atoms with Gasteiger partial charge in [-0.2, -0.15) is 0 Å². The number of methoxy groups -OCH3 is 1. The molecular formula is C14H15N3O3S. The van der Waals surface area contributed by atoms with Gasteiger partial charge in [-0.1, -0.05) is 6.07 Å². The van der Waals surface area contributed by atoms with Gasteiger partial charge < -0.3 is 10.1 Å². The molecule has 2 rings (SSSR count). The van der Waals surface area contributed by atoms with Gasteiger partial charge in [0.25, 0.3) is 5.91 Å². The van der Waals surface area contributed by atoms with Gasteiger partial charge in [-0.25, -0.2) is 4.98 Å². The number of esters is 1. The number of thiophene rings is 1. The number of hydrogen-bond acceptors (Lipinski definition) is 6. The molecule has 0 aliphatic carbocycles. The molecule has 21 heavy (non-hydrogen) atoms. The maximum atomic E-state index is 12.2. The van der Waals surface area contributed by atoms with Crippen molar-refractivity contribution in [1.29, 1.82) is 0 Å². The average Bonchev–Trinajstić information content (AvgIpc) is 3.01.